The van der Waals surface area contributed by atoms with E-state index in [4.69, 9.17) is 4.74 Å². The summed E-state index contributed by atoms with van der Waals surface area (Å²) in [6.45, 7) is 5.77. The molecule has 0 fully saturated rings. The van der Waals surface area contributed by atoms with Gasteiger partial charge in [0.05, 0.1) is 10.9 Å². The molecule has 0 radical (unpaired) electrons. The van der Waals surface area contributed by atoms with Gasteiger partial charge >= 0.3 is 5.97 Å². The zero-order chi connectivity index (χ0) is 13.1. The molecule has 0 saturated carbocycles. The van der Waals surface area contributed by atoms with Crippen LogP contribution in [0.1, 0.15) is 27.2 Å². The molecule has 1 aromatic rings. The summed E-state index contributed by atoms with van der Waals surface area (Å²) in [6.07, 6.45) is 1.84. The quantitative estimate of drug-likeness (QED) is 0.805. The Kier molecular flexibility index (Phi) is 4.51. The largest absolute Gasteiger partial charge is 0.460 e. The van der Waals surface area contributed by atoms with E-state index in [9.17, 15) is 9.59 Å². The second-order valence-corrected chi connectivity index (χ2v) is 5.55. The highest BCUT2D eigenvalue weighted by atomic mass is 79.9. The van der Waals surface area contributed by atoms with E-state index in [2.05, 4.69) is 15.9 Å². The molecule has 0 N–H and O–H groups in total. The Hall–Kier alpha value is -1.10. The molecule has 0 saturated heterocycles. The van der Waals surface area contributed by atoms with Crippen molar-refractivity contribution < 1.29 is 9.53 Å². The van der Waals surface area contributed by atoms with Crippen molar-refractivity contribution in [2.45, 2.75) is 39.3 Å². The lowest BCUT2D eigenvalue weighted by molar-refractivity contribution is -0.155. The van der Waals surface area contributed by atoms with Crippen molar-refractivity contribution >= 4 is 21.9 Å². The first-order chi connectivity index (χ1) is 7.79. The van der Waals surface area contributed by atoms with Crippen LogP contribution >= 0.6 is 15.9 Å². The number of ether oxygens (including phenoxy) is 1. The van der Waals surface area contributed by atoms with Crippen molar-refractivity contribution in [3.05, 3.63) is 33.2 Å². The molecule has 0 bridgehead atoms. The number of esters is 1. The van der Waals surface area contributed by atoms with Gasteiger partial charge in [0.2, 0.25) is 0 Å². The maximum atomic E-state index is 11.6. The molecule has 4 nitrogen and oxygen atoms in total. The number of halogens is 1. The van der Waals surface area contributed by atoms with Gasteiger partial charge in [0.1, 0.15) is 5.60 Å². The molecule has 5 heteroatoms. The van der Waals surface area contributed by atoms with E-state index in [1.54, 1.807) is 18.3 Å². The molecule has 0 atom stereocenters. The Morgan fingerprint density at radius 2 is 2.12 bits per heavy atom. The zero-order valence-corrected chi connectivity index (χ0v) is 11.8. The van der Waals surface area contributed by atoms with Gasteiger partial charge < -0.3 is 9.30 Å². The Morgan fingerprint density at radius 1 is 1.47 bits per heavy atom. The van der Waals surface area contributed by atoms with Gasteiger partial charge in [-0.3, -0.25) is 9.59 Å². The van der Waals surface area contributed by atoms with E-state index >= 15 is 0 Å². The van der Waals surface area contributed by atoms with Crippen LogP contribution in [0.15, 0.2) is 27.6 Å². The van der Waals surface area contributed by atoms with E-state index in [-0.39, 0.29) is 17.9 Å². The van der Waals surface area contributed by atoms with Gasteiger partial charge in [0.15, 0.2) is 0 Å². The molecule has 1 aromatic heterocycles. The Morgan fingerprint density at radius 3 is 2.71 bits per heavy atom. The van der Waals surface area contributed by atoms with Crippen molar-refractivity contribution in [1.82, 2.24) is 4.57 Å². The maximum absolute atomic E-state index is 11.6. The topological polar surface area (TPSA) is 48.3 Å². The van der Waals surface area contributed by atoms with Crippen molar-refractivity contribution in [1.29, 1.82) is 0 Å². The number of hydrogen-bond acceptors (Lipinski definition) is 3. The van der Waals surface area contributed by atoms with Crippen LogP contribution in [-0.4, -0.2) is 16.1 Å². The predicted octanol–water partition coefficient (Wildman–Crippen LogP) is 2.34. The van der Waals surface area contributed by atoms with Gasteiger partial charge in [-0.15, -0.1) is 0 Å². The molecular weight excluding hydrogens is 286 g/mol. The van der Waals surface area contributed by atoms with Crippen LogP contribution in [0.3, 0.4) is 0 Å². The highest BCUT2D eigenvalue weighted by Crippen LogP contribution is 2.08. The molecule has 0 aliphatic rings. The van der Waals surface area contributed by atoms with E-state index < -0.39 is 5.60 Å². The van der Waals surface area contributed by atoms with Gasteiger partial charge in [0, 0.05) is 12.7 Å². The van der Waals surface area contributed by atoms with Gasteiger partial charge in [-0.1, -0.05) is 0 Å². The lowest BCUT2D eigenvalue weighted by Crippen LogP contribution is -2.26. The fourth-order valence-corrected chi connectivity index (χ4v) is 1.67. The van der Waals surface area contributed by atoms with Crippen LogP contribution < -0.4 is 5.56 Å². The monoisotopic (exact) mass is 301 g/mol. The number of nitrogens with zero attached hydrogens (tertiary/aromatic N) is 1. The summed E-state index contributed by atoms with van der Waals surface area (Å²) in [5.74, 6) is -0.302. The van der Waals surface area contributed by atoms with Gasteiger partial charge in [-0.2, -0.15) is 0 Å². The Labute approximate surface area is 109 Å². The third-order valence-corrected chi connectivity index (χ3v) is 2.55. The summed E-state index contributed by atoms with van der Waals surface area (Å²) < 4.78 is 7.13. The highest BCUT2D eigenvalue weighted by molar-refractivity contribution is 9.10. The smallest absolute Gasteiger partial charge is 0.308 e. The molecule has 1 rings (SSSR count). The third kappa shape index (κ3) is 4.73. The standard InChI is InChI=1S/C12H16BrNO3/c1-12(2,3)17-10(15)6-8-14-7-4-5-9(13)11(14)16/h4-5,7H,6,8H2,1-3H3. The number of pyridine rings is 1. The minimum absolute atomic E-state index is 0.143. The number of aromatic nitrogens is 1. The van der Waals surface area contributed by atoms with Crippen molar-refractivity contribution in [2.24, 2.45) is 0 Å². The number of aryl methyl sites for hydroxylation is 1. The molecule has 0 amide bonds. The summed E-state index contributed by atoms with van der Waals surface area (Å²) in [7, 11) is 0. The van der Waals surface area contributed by atoms with Crippen LogP contribution in [-0.2, 0) is 16.1 Å². The van der Waals surface area contributed by atoms with Gasteiger partial charge in [-0.25, -0.2) is 0 Å². The van der Waals surface area contributed by atoms with Crippen LogP contribution in [0.5, 0.6) is 0 Å². The fourth-order valence-electron chi connectivity index (χ4n) is 1.29. The number of hydrogen-bond donors (Lipinski definition) is 0. The SMILES string of the molecule is CC(C)(C)OC(=O)CCn1cccc(Br)c1=O. The maximum Gasteiger partial charge on any atom is 0.308 e. The molecule has 0 spiro atoms. The number of carbonyl (C=O) groups is 1. The van der Waals surface area contributed by atoms with E-state index in [0.29, 0.717) is 11.0 Å². The molecule has 0 aliphatic carbocycles. The summed E-state index contributed by atoms with van der Waals surface area (Å²) >= 11 is 3.15. The molecule has 94 valence electrons. The van der Waals surface area contributed by atoms with E-state index in [1.807, 2.05) is 20.8 Å². The number of carbonyl (C=O) groups excluding carboxylic acids is 1. The molecule has 0 aromatic carbocycles. The van der Waals surface area contributed by atoms with Crippen molar-refractivity contribution in [2.75, 3.05) is 0 Å². The fraction of sp³-hybridized carbons (Fsp3) is 0.500. The van der Waals surface area contributed by atoms with Crippen molar-refractivity contribution in [3.63, 3.8) is 0 Å². The summed E-state index contributed by atoms with van der Waals surface area (Å²) in [5.41, 5.74) is -0.629. The minimum atomic E-state index is -0.487. The normalized spacial score (nSPS) is 11.3. The lowest BCUT2D eigenvalue weighted by Gasteiger charge is -2.19. The Balaban J connectivity index is 2.60. The first kappa shape index (κ1) is 14.0. The molecule has 0 aliphatic heterocycles. The highest BCUT2D eigenvalue weighted by Gasteiger charge is 2.16. The van der Waals surface area contributed by atoms with Crippen LogP contribution in [0.2, 0.25) is 0 Å². The average Bonchev–Trinajstić information content (AvgIpc) is 2.18. The molecular formula is C12H16BrNO3. The first-order valence-corrected chi connectivity index (χ1v) is 6.16. The van der Waals surface area contributed by atoms with E-state index in [0.717, 1.165) is 0 Å². The van der Waals surface area contributed by atoms with Crippen LogP contribution in [0.25, 0.3) is 0 Å². The van der Waals surface area contributed by atoms with Crippen molar-refractivity contribution in [3.8, 4) is 0 Å². The summed E-state index contributed by atoms with van der Waals surface area (Å²) in [5, 5.41) is 0. The van der Waals surface area contributed by atoms with Gasteiger partial charge in [0.25, 0.3) is 5.56 Å². The van der Waals surface area contributed by atoms with Crippen LogP contribution in [0, 0.1) is 0 Å². The number of rotatable bonds is 3. The molecule has 1 heterocycles. The lowest BCUT2D eigenvalue weighted by atomic mass is 10.2. The predicted molar refractivity (Wildman–Crippen MR) is 68.9 cm³/mol. The Bertz CT molecular complexity index is 460. The van der Waals surface area contributed by atoms with Gasteiger partial charge in [-0.05, 0) is 48.8 Å². The average molecular weight is 302 g/mol. The summed E-state index contributed by atoms with van der Waals surface area (Å²) in [6, 6.07) is 3.42. The third-order valence-electron chi connectivity index (χ3n) is 1.95. The second kappa shape index (κ2) is 5.49. The molecule has 17 heavy (non-hydrogen) atoms. The molecule has 0 unspecified atom stereocenters. The zero-order valence-electron chi connectivity index (χ0n) is 10.2. The first-order valence-electron chi connectivity index (χ1n) is 5.36. The van der Waals surface area contributed by atoms with Crippen LogP contribution in [0.4, 0.5) is 0 Å². The summed E-state index contributed by atoms with van der Waals surface area (Å²) in [4.78, 5) is 23.1. The van der Waals surface area contributed by atoms with E-state index in [1.165, 1.54) is 4.57 Å². The minimum Gasteiger partial charge on any atom is -0.460 e. The second-order valence-electron chi connectivity index (χ2n) is 4.69.